The third kappa shape index (κ3) is 5.62. The van der Waals surface area contributed by atoms with Crippen molar-refractivity contribution < 1.29 is 18.0 Å². The normalized spacial score (nSPS) is 11.4. The van der Waals surface area contributed by atoms with Gasteiger partial charge in [-0.15, -0.1) is 6.58 Å². The number of amides is 1. The van der Waals surface area contributed by atoms with E-state index in [4.69, 9.17) is 0 Å². The first-order valence-corrected chi connectivity index (χ1v) is 7.53. The van der Waals surface area contributed by atoms with Crippen molar-refractivity contribution in [2.45, 2.75) is 33.0 Å². The molecule has 1 aromatic carbocycles. The van der Waals surface area contributed by atoms with Gasteiger partial charge in [0.1, 0.15) is 6.54 Å². The maximum Gasteiger partial charge on any atom is 0.406 e. The summed E-state index contributed by atoms with van der Waals surface area (Å²) in [7, 11) is 0. The van der Waals surface area contributed by atoms with Crippen LogP contribution in [0.1, 0.15) is 31.1 Å². The van der Waals surface area contributed by atoms with E-state index in [1.165, 1.54) is 6.08 Å². The van der Waals surface area contributed by atoms with Crippen LogP contribution in [0.4, 0.5) is 18.9 Å². The molecule has 6 heteroatoms. The molecule has 0 bridgehead atoms. The summed E-state index contributed by atoms with van der Waals surface area (Å²) < 4.78 is 37.7. The van der Waals surface area contributed by atoms with Gasteiger partial charge in [0, 0.05) is 30.4 Å². The molecule has 0 aliphatic heterocycles. The second kappa shape index (κ2) is 8.04. The molecule has 1 amide bonds. The van der Waals surface area contributed by atoms with E-state index in [0.717, 1.165) is 17.1 Å². The summed E-state index contributed by atoms with van der Waals surface area (Å²) in [6.45, 7) is 8.91. The Labute approximate surface area is 135 Å². The van der Waals surface area contributed by atoms with Crippen molar-refractivity contribution >= 4 is 11.6 Å². The highest BCUT2D eigenvalue weighted by Crippen LogP contribution is 2.21. The fourth-order valence-corrected chi connectivity index (χ4v) is 2.42. The van der Waals surface area contributed by atoms with Gasteiger partial charge >= 0.3 is 6.18 Å². The Hall–Kier alpha value is -1.98. The summed E-state index contributed by atoms with van der Waals surface area (Å²) in [6.07, 6.45) is -3.15. The molecule has 3 nitrogen and oxygen atoms in total. The van der Waals surface area contributed by atoms with Crippen LogP contribution in [0.2, 0.25) is 0 Å². The number of carbonyl (C=O) groups is 1. The van der Waals surface area contributed by atoms with Crippen molar-refractivity contribution in [1.82, 2.24) is 4.90 Å². The third-order valence-corrected chi connectivity index (χ3v) is 3.42. The van der Waals surface area contributed by atoms with Gasteiger partial charge in [-0.25, -0.2) is 0 Å². The van der Waals surface area contributed by atoms with Gasteiger partial charge in [0.15, 0.2) is 0 Å². The third-order valence-electron chi connectivity index (χ3n) is 3.42. The van der Waals surface area contributed by atoms with Crippen LogP contribution in [0.25, 0.3) is 0 Å². The molecule has 0 N–H and O–H groups in total. The number of anilines is 1. The Morgan fingerprint density at radius 3 is 2.22 bits per heavy atom. The molecule has 23 heavy (non-hydrogen) atoms. The summed E-state index contributed by atoms with van der Waals surface area (Å²) in [5.41, 5.74) is 1.17. The smallest absolute Gasteiger partial charge is 0.369 e. The Kier molecular flexibility index (Phi) is 6.66. The Morgan fingerprint density at radius 2 is 1.83 bits per heavy atom. The number of nitrogens with zero attached hydrogens (tertiary/aromatic N) is 2. The SMILES string of the molecule is C=CCN(CC(F)(F)F)C(=O)c1ccc(N(CC)C(C)C)cc1. The number of hydrogen-bond donors (Lipinski definition) is 0. The maximum absolute atomic E-state index is 12.6. The zero-order valence-electron chi connectivity index (χ0n) is 13.7. The van der Waals surface area contributed by atoms with Gasteiger partial charge in [0.25, 0.3) is 5.91 Å². The highest BCUT2D eigenvalue weighted by atomic mass is 19.4. The van der Waals surface area contributed by atoms with Crippen molar-refractivity contribution in [3.8, 4) is 0 Å². The van der Waals surface area contributed by atoms with Crippen molar-refractivity contribution in [2.24, 2.45) is 0 Å². The molecular weight excluding hydrogens is 305 g/mol. The summed E-state index contributed by atoms with van der Waals surface area (Å²) in [6, 6.07) is 6.95. The molecule has 0 heterocycles. The molecule has 0 saturated heterocycles. The molecule has 0 spiro atoms. The lowest BCUT2D eigenvalue weighted by Gasteiger charge is -2.28. The van der Waals surface area contributed by atoms with E-state index in [2.05, 4.69) is 25.3 Å². The number of halogens is 3. The fourth-order valence-electron chi connectivity index (χ4n) is 2.42. The van der Waals surface area contributed by atoms with Crippen molar-refractivity contribution in [1.29, 1.82) is 0 Å². The quantitative estimate of drug-likeness (QED) is 0.703. The van der Waals surface area contributed by atoms with Gasteiger partial charge in [-0.3, -0.25) is 4.79 Å². The number of carbonyl (C=O) groups excluding carboxylic acids is 1. The Balaban J connectivity index is 2.96. The first kappa shape index (κ1) is 19.1. The average Bonchev–Trinajstić information content (AvgIpc) is 2.46. The maximum atomic E-state index is 12.6. The van der Waals surface area contributed by atoms with E-state index in [9.17, 15) is 18.0 Å². The Bertz CT molecular complexity index is 524. The molecule has 0 radical (unpaired) electrons. The van der Waals surface area contributed by atoms with Gasteiger partial charge in [-0.1, -0.05) is 6.08 Å². The minimum absolute atomic E-state index is 0.146. The molecule has 0 saturated carbocycles. The van der Waals surface area contributed by atoms with Crippen LogP contribution < -0.4 is 4.90 Å². The first-order valence-electron chi connectivity index (χ1n) is 7.53. The largest absolute Gasteiger partial charge is 0.406 e. The molecule has 1 aromatic rings. The molecule has 128 valence electrons. The molecule has 0 unspecified atom stereocenters. The van der Waals surface area contributed by atoms with E-state index in [1.54, 1.807) is 24.3 Å². The first-order chi connectivity index (χ1) is 10.7. The lowest BCUT2D eigenvalue weighted by Crippen LogP contribution is -2.39. The minimum Gasteiger partial charge on any atom is -0.369 e. The van der Waals surface area contributed by atoms with Crippen LogP contribution in [0, 0.1) is 0 Å². The summed E-state index contributed by atoms with van der Waals surface area (Å²) >= 11 is 0. The Morgan fingerprint density at radius 1 is 1.26 bits per heavy atom. The molecule has 1 rings (SSSR count). The highest BCUT2D eigenvalue weighted by molar-refractivity contribution is 5.94. The standard InChI is InChI=1S/C17H23F3N2O/c1-5-11-21(12-17(18,19)20)16(23)14-7-9-15(10-8-14)22(6-2)13(3)4/h5,7-10,13H,1,6,11-12H2,2-4H3. The minimum atomic E-state index is -4.44. The molecule has 0 atom stereocenters. The van der Waals surface area contributed by atoms with Crippen molar-refractivity contribution in [2.75, 3.05) is 24.5 Å². The highest BCUT2D eigenvalue weighted by Gasteiger charge is 2.32. The van der Waals surface area contributed by atoms with Crippen LogP contribution in [-0.2, 0) is 0 Å². The van der Waals surface area contributed by atoms with Gasteiger partial charge < -0.3 is 9.80 Å². The zero-order valence-corrected chi connectivity index (χ0v) is 13.7. The van der Waals surface area contributed by atoms with Gasteiger partial charge in [0.2, 0.25) is 0 Å². The van der Waals surface area contributed by atoms with Crippen LogP contribution in [-0.4, -0.2) is 42.7 Å². The second-order valence-electron chi connectivity index (χ2n) is 5.52. The monoisotopic (exact) mass is 328 g/mol. The van der Waals surface area contributed by atoms with Crippen LogP contribution in [0.15, 0.2) is 36.9 Å². The van der Waals surface area contributed by atoms with Crippen LogP contribution in [0.5, 0.6) is 0 Å². The predicted octanol–water partition coefficient (Wildman–Crippen LogP) is 4.11. The van der Waals surface area contributed by atoms with E-state index < -0.39 is 18.6 Å². The number of benzene rings is 1. The number of rotatable bonds is 7. The molecule has 0 aromatic heterocycles. The van der Waals surface area contributed by atoms with Crippen molar-refractivity contribution in [3.63, 3.8) is 0 Å². The zero-order chi connectivity index (χ0) is 17.6. The van der Waals surface area contributed by atoms with Crippen molar-refractivity contribution in [3.05, 3.63) is 42.5 Å². The topological polar surface area (TPSA) is 23.6 Å². The van der Waals surface area contributed by atoms with E-state index in [-0.39, 0.29) is 12.1 Å². The lowest BCUT2D eigenvalue weighted by molar-refractivity contribution is -0.139. The van der Waals surface area contributed by atoms with E-state index >= 15 is 0 Å². The number of alkyl halides is 3. The summed E-state index contributed by atoms with van der Waals surface area (Å²) in [5, 5.41) is 0. The summed E-state index contributed by atoms with van der Waals surface area (Å²) in [4.78, 5) is 15.1. The summed E-state index contributed by atoms with van der Waals surface area (Å²) in [5.74, 6) is -0.652. The predicted molar refractivity (Wildman–Crippen MR) is 86.8 cm³/mol. The lowest BCUT2D eigenvalue weighted by atomic mass is 10.1. The fraction of sp³-hybridized carbons (Fsp3) is 0.471. The molecule has 0 fully saturated rings. The van der Waals surface area contributed by atoms with Gasteiger partial charge in [-0.05, 0) is 45.0 Å². The van der Waals surface area contributed by atoms with E-state index in [1.807, 2.05) is 6.92 Å². The van der Waals surface area contributed by atoms with Gasteiger partial charge in [-0.2, -0.15) is 13.2 Å². The molecular formula is C17H23F3N2O. The molecule has 0 aliphatic rings. The number of hydrogen-bond acceptors (Lipinski definition) is 2. The second-order valence-corrected chi connectivity index (χ2v) is 5.52. The van der Waals surface area contributed by atoms with Gasteiger partial charge in [0.05, 0.1) is 0 Å². The average molecular weight is 328 g/mol. The van der Waals surface area contributed by atoms with E-state index in [0.29, 0.717) is 6.04 Å². The van der Waals surface area contributed by atoms with Crippen LogP contribution >= 0.6 is 0 Å². The van der Waals surface area contributed by atoms with Crippen LogP contribution in [0.3, 0.4) is 0 Å². The molecule has 0 aliphatic carbocycles.